The van der Waals surface area contributed by atoms with E-state index in [0.717, 1.165) is 22.3 Å². The van der Waals surface area contributed by atoms with Crippen molar-refractivity contribution in [3.8, 4) is 11.1 Å². The van der Waals surface area contributed by atoms with Gasteiger partial charge in [0.25, 0.3) is 0 Å². The van der Waals surface area contributed by atoms with E-state index in [0.29, 0.717) is 0 Å². The van der Waals surface area contributed by atoms with E-state index in [-0.39, 0.29) is 12.5 Å². The molecule has 33 heavy (non-hydrogen) atoms. The Hall–Kier alpha value is -3.88. The molecule has 0 heterocycles. The zero-order valence-corrected chi connectivity index (χ0v) is 18.6. The average Bonchev–Trinajstić information content (AvgIpc) is 3.11. The molecule has 1 aliphatic rings. The number of carbonyl (C=O) groups is 4. The summed E-state index contributed by atoms with van der Waals surface area (Å²) in [5, 5.41) is 16.0. The molecule has 0 spiro atoms. The first-order valence-corrected chi connectivity index (χ1v) is 10.6. The van der Waals surface area contributed by atoms with Crippen molar-refractivity contribution in [2.45, 2.75) is 44.8 Å². The summed E-state index contributed by atoms with van der Waals surface area (Å²) in [4.78, 5) is 47.5. The van der Waals surface area contributed by atoms with E-state index in [2.05, 4.69) is 16.0 Å². The predicted molar refractivity (Wildman–Crippen MR) is 121 cm³/mol. The zero-order valence-electron chi connectivity index (χ0n) is 18.6. The van der Waals surface area contributed by atoms with Crippen molar-refractivity contribution >= 4 is 23.9 Å². The summed E-state index contributed by atoms with van der Waals surface area (Å²) in [6.45, 7) is 4.30. The van der Waals surface area contributed by atoms with Crippen LogP contribution in [-0.4, -0.2) is 53.7 Å². The van der Waals surface area contributed by atoms with Gasteiger partial charge < -0.3 is 25.8 Å². The Labute approximate surface area is 191 Å². The van der Waals surface area contributed by atoms with Gasteiger partial charge in [0.15, 0.2) is 0 Å². The van der Waals surface area contributed by atoms with Gasteiger partial charge in [0, 0.05) is 5.92 Å². The van der Waals surface area contributed by atoms with Crippen LogP contribution in [0, 0.1) is 0 Å². The van der Waals surface area contributed by atoms with Crippen molar-refractivity contribution in [3.05, 3.63) is 59.7 Å². The first-order valence-electron chi connectivity index (χ1n) is 10.6. The van der Waals surface area contributed by atoms with Crippen LogP contribution in [0.5, 0.6) is 0 Å². The molecule has 3 amide bonds. The number of fused-ring (bicyclic) bond motifs is 3. The largest absolute Gasteiger partial charge is 0.480 e. The van der Waals surface area contributed by atoms with Crippen LogP contribution in [0.2, 0.25) is 0 Å². The molecule has 2 aromatic carbocycles. The molecule has 0 aromatic heterocycles. The Morgan fingerprint density at radius 1 is 0.788 bits per heavy atom. The number of nitrogens with one attached hydrogen (secondary N) is 3. The molecular weight excluding hydrogens is 426 g/mol. The average molecular weight is 453 g/mol. The second-order valence-electron chi connectivity index (χ2n) is 7.99. The lowest BCUT2D eigenvalue weighted by Crippen LogP contribution is -2.53. The van der Waals surface area contributed by atoms with E-state index >= 15 is 0 Å². The van der Waals surface area contributed by atoms with Gasteiger partial charge in [-0.25, -0.2) is 4.79 Å². The second kappa shape index (κ2) is 10.2. The third-order valence-corrected chi connectivity index (χ3v) is 5.55. The Morgan fingerprint density at radius 2 is 1.24 bits per heavy atom. The van der Waals surface area contributed by atoms with Crippen molar-refractivity contribution in [3.63, 3.8) is 0 Å². The van der Waals surface area contributed by atoms with E-state index in [1.165, 1.54) is 20.8 Å². The van der Waals surface area contributed by atoms with Crippen LogP contribution in [0.15, 0.2) is 48.5 Å². The third kappa shape index (κ3) is 5.49. The molecule has 0 bridgehead atoms. The first kappa shape index (κ1) is 23.8. The number of carboxylic acids is 1. The summed E-state index contributed by atoms with van der Waals surface area (Å²) in [5.41, 5.74) is 4.37. The summed E-state index contributed by atoms with van der Waals surface area (Å²) in [7, 11) is 0. The van der Waals surface area contributed by atoms with Crippen molar-refractivity contribution in [1.29, 1.82) is 0 Å². The Bertz CT molecular complexity index is 1020. The van der Waals surface area contributed by atoms with Crippen LogP contribution in [-0.2, 0) is 19.1 Å². The topological polar surface area (TPSA) is 134 Å². The van der Waals surface area contributed by atoms with Gasteiger partial charge in [0.1, 0.15) is 24.7 Å². The number of carboxylic acid groups (broad SMARTS) is 1. The van der Waals surface area contributed by atoms with Crippen LogP contribution >= 0.6 is 0 Å². The van der Waals surface area contributed by atoms with E-state index in [9.17, 15) is 19.2 Å². The number of alkyl carbamates (subject to hydrolysis) is 1. The van der Waals surface area contributed by atoms with Crippen LogP contribution in [0.1, 0.15) is 37.8 Å². The maximum absolute atomic E-state index is 12.3. The maximum Gasteiger partial charge on any atom is 0.407 e. The van der Waals surface area contributed by atoms with Gasteiger partial charge >= 0.3 is 12.1 Å². The number of carbonyl (C=O) groups excluding carboxylic acids is 3. The fraction of sp³-hybridized carbons (Fsp3) is 0.333. The lowest BCUT2D eigenvalue weighted by atomic mass is 9.98. The minimum absolute atomic E-state index is 0.104. The molecule has 1 aliphatic carbocycles. The van der Waals surface area contributed by atoms with Gasteiger partial charge in [0.2, 0.25) is 11.8 Å². The molecule has 0 saturated carbocycles. The number of aliphatic carboxylic acids is 1. The summed E-state index contributed by atoms with van der Waals surface area (Å²) < 4.78 is 5.42. The summed E-state index contributed by atoms with van der Waals surface area (Å²) in [6.07, 6.45) is -0.754. The van der Waals surface area contributed by atoms with E-state index in [4.69, 9.17) is 9.84 Å². The van der Waals surface area contributed by atoms with Crippen LogP contribution < -0.4 is 16.0 Å². The van der Waals surface area contributed by atoms with Gasteiger partial charge in [0.05, 0.1) is 0 Å². The molecule has 0 radical (unpaired) electrons. The molecule has 9 nitrogen and oxygen atoms in total. The molecular formula is C24H27N3O6. The lowest BCUT2D eigenvalue weighted by molar-refractivity contribution is -0.141. The van der Waals surface area contributed by atoms with Gasteiger partial charge in [-0.05, 0) is 43.0 Å². The molecule has 2 aromatic rings. The fourth-order valence-corrected chi connectivity index (χ4v) is 3.69. The van der Waals surface area contributed by atoms with E-state index in [1.807, 2.05) is 48.5 Å². The minimum Gasteiger partial charge on any atom is -0.480 e. The second-order valence-corrected chi connectivity index (χ2v) is 7.99. The Balaban J connectivity index is 1.52. The van der Waals surface area contributed by atoms with E-state index < -0.39 is 42.0 Å². The molecule has 3 atom stereocenters. The fourth-order valence-electron chi connectivity index (χ4n) is 3.69. The number of hydrogen-bond acceptors (Lipinski definition) is 5. The standard InChI is InChI=1S/C24H27N3O6/c1-13(21(28)26-15(3)23(30)31)25-22(29)14(2)27-24(32)33-12-20-18-10-6-4-8-16(18)17-9-5-7-11-19(17)20/h4-11,13-15,20H,12H2,1-3H3,(H,25,29)(H,26,28)(H,27,32)(H,30,31)/t13-,14+,15-/m1/s1. The van der Waals surface area contributed by atoms with Crippen LogP contribution in [0.3, 0.4) is 0 Å². The molecule has 4 N–H and O–H groups in total. The van der Waals surface area contributed by atoms with Gasteiger partial charge in [-0.15, -0.1) is 0 Å². The quantitative estimate of drug-likeness (QED) is 0.483. The van der Waals surface area contributed by atoms with Crippen LogP contribution in [0.4, 0.5) is 4.79 Å². The molecule has 0 unspecified atom stereocenters. The first-order chi connectivity index (χ1) is 15.7. The molecule has 174 valence electrons. The molecule has 0 saturated heterocycles. The Morgan fingerprint density at radius 3 is 1.76 bits per heavy atom. The van der Waals surface area contributed by atoms with Crippen molar-refractivity contribution < 1.29 is 29.0 Å². The summed E-state index contributed by atoms with van der Waals surface area (Å²) in [5.74, 6) is -2.54. The van der Waals surface area contributed by atoms with Crippen molar-refractivity contribution in [2.75, 3.05) is 6.61 Å². The van der Waals surface area contributed by atoms with Crippen molar-refractivity contribution in [1.82, 2.24) is 16.0 Å². The monoisotopic (exact) mass is 453 g/mol. The normalized spacial score (nSPS) is 14.8. The number of amides is 3. The van der Waals surface area contributed by atoms with Gasteiger partial charge in [-0.2, -0.15) is 0 Å². The van der Waals surface area contributed by atoms with Gasteiger partial charge in [-0.3, -0.25) is 14.4 Å². The maximum atomic E-state index is 12.3. The zero-order chi connectivity index (χ0) is 24.1. The molecule has 0 fully saturated rings. The number of benzene rings is 2. The summed E-state index contributed by atoms with van der Waals surface area (Å²) >= 11 is 0. The lowest BCUT2D eigenvalue weighted by Gasteiger charge is -2.20. The Kier molecular flexibility index (Phi) is 7.32. The smallest absolute Gasteiger partial charge is 0.407 e. The number of hydrogen-bond donors (Lipinski definition) is 4. The highest BCUT2D eigenvalue weighted by molar-refractivity contribution is 5.92. The predicted octanol–water partition coefficient (Wildman–Crippen LogP) is 2.01. The van der Waals surface area contributed by atoms with Crippen LogP contribution in [0.25, 0.3) is 11.1 Å². The number of rotatable bonds is 8. The van der Waals surface area contributed by atoms with E-state index in [1.54, 1.807) is 0 Å². The highest BCUT2D eigenvalue weighted by Gasteiger charge is 2.29. The molecule has 3 rings (SSSR count). The summed E-state index contributed by atoms with van der Waals surface area (Å²) in [6, 6.07) is 12.9. The molecule has 0 aliphatic heterocycles. The SMILES string of the molecule is C[C@H](NC(=O)OCC1c2ccccc2-c2ccccc21)C(=O)N[C@H](C)C(=O)N[C@H](C)C(=O)O. The number of ether oxygens (including phenoxy) is 1. The minimum atomic E-state index is -1.19. The highest BCUT2D eigenvalue weighted by atomic mass is 16.5. The van der Waals surface area contributed by atoms with Gasteiger partial charge in [-0.1, -0.05) is 48.5 Å². The van der Waals surface area contributed by atoms with Crippen molar-refractivity contribution in [2.24, 2.45) is 0 Å². The highest BCUT2D eigenvalue weighted by Crippen LogP contribution is 2.44. The molecule has 9 heteroatoms. The third-order valence-electron chi connectivity index (χ3n) is 5.55.